The van der Waals surface area contributed by atoms with Crippen LogP contribution in [-0.4, -0.2) is 51.0 Å². The van der Waals surface area contributed by atoms with Crippen molar-refractivity contribution in [2.75, 3.05) is 18.5 Å². The van der Waals surface area contributed by atoms with E-state index in [2.05, 4.69) is 5.43 Å². The predicted molar refractivity (Wildman–Crippen MR) is 86.1 cm³/mol. The van der Waals surface area contributed by atoms with Crippen LogP contribution in [0.3, 0.4) is 0 Å². The van der Waals surface area contributed by atoms with Gasteiger partial charge in [-0.1, -0.05) is 0 Å². The number of carbonyl (C=O) groups excluding carboxylic acids is 1. The lowest BCUT2D eigenvalue weighted by molar-refractivity contribution is -0.140. The van der Waals surface area contributed by atoms with Crippen LogP contribution in [0.25, 0.3) is 0 Å². The minimum Gasteiger partial charge on any atom is -0.481 e. The topological polar surface area (TPSA) is 83.8 Å². The predicted octanol–water partition coefficient (Wildman–Crippen LogP) is 2.11. The van der Waals surface area contributed by atoms with Gasteiger partial charge in [0.15, 0.2) is 0 Å². The number of rotatable bonds is 4. The van der Waals surface area contributed by atoms with Crippen molar-refractivity contribution in [1.29, 1.82) is 0 Å². The molecule has 1 aromatic rings. The summed E-state index contributed by atoms with van der Waals surface area (Å²) in [7, 11) is 0. The second kappa shape index (κ2) is 5.79. The van der Waals surface area contributed by atoms with Gasteiger partial charge in [-0.3, -0.25) is 9.47 Å². The molecule has 2 heterocycles. The molecule has 7 heteroatoms. The van der Waals surface area contributed by atoms with Crippen LogP contribution < -0.4 is 5.43 Å². The molecule has 0 unspecified atom stereocenters. The largest absolute Gasteiger partial charge is 0.481 e. The molecule has 128 valence electrons. The Kier molecular flexibility index (Phi) is 4.32. The first-order valence-corrected chi connectivity index (χ1v) is 7.64. The van der Waals surface area contributed by atoms with E-state index in [1.54, 1.807) is 20.8 Å². The summed E-state index contributed by atoms with van der Waals surface area (Å²) >= 11 is 0. The Morgan fingerprint density at radius 3 is 2.22 bits per heavy atom. The minimum absolute atomic E-state index is 0.0661. The molecule has 1 saturated heterocycles. The zero-order valence-electron chi connectivity index (χ0n) is 14.3. The highest BCUT2D eigenvalue weighted by Crippen LogP contribution is 2.28. The van der Waals surface area contributed by atoms with Crippen LogP contribution >= 0.6 is 0 Å². The summed E-state index contributed by atoms with van der Waals surface area (Å²) in [6.07, 6.45) is -0.482. The molecule has 1 amide bonds. The molecule has 2 rings (SSSR count). The maximum absolute atomic E-state index is 12.1. The standard InChI is InChI=1S/C16H25N3O4/c1-11-6-7-12(2)19(11)17-16(8-13(20)21)9-18(10-16)14(22)23-15(3,4)5/h6-7,17H,8-10H2,1-5H3,(H,20,21). The minimum atomic E-state index is -0.899. The van der Waals surface area contributed by atoms with Crippen LogP contribution in [0, 0.1) is 13.8 Å². The van der Waals surface area contributed by atoms with Crippen molar-refractivity contribution in [3.05, 3.63) is 23.5 Å². The van der Waals surface area contributed by atoms with Crippen LogP contribution in [0.2, 0.25) is 0 Å². The van der Waals surface area contributed by atoms with E-state index in [0.717, 1.165) is 11.4 Å². The van der Waals surface area contributed by atoms with E-state index in [4.69, 9.17) is 4.74 Å². The van der Waals surface area contributed by atoms with Gasteiger partial charge in [0.05, 0.1) is 25.0 Å². The highest BCUT2D eigenvalue weighted by molar-refractivity contribution is 5.73. The van der Waals surface area contributed by atoms with Crippen LogP contribution in [0.5, 0.6) is 0 Å². The summed E-state index contributed by atoms with van der Waals surface area (Å²) in [5.74, 6) is -0.899. The Bertz CT molecular complexity index is 590. The summed E-state index contributed by atoms with van der Waals surface area (Å²) in [6.45, 7) is 9.90. The molecule has 0 radical (unpaired) electrons. The van der Waals surface area contributed by atoms with Crippen molar-refractivity contribution in [3.8, 4) is 0 Å². The number of nitrogens with zero attached hydrogens (tertiary/aromatic N) is 2. The summed E-state index contributed by atoms with van der Waals surface area (Å²) in [5, 5.41) is 9.21. The van der Waals surface area contributed by atoms with Gasteiger partial charge in [-0.25, -0.2) is 4.79 Å². The lowest BCUT2D eigenvalue weighted by atomic mass is 9.87. The maximum Gasteiger partial charge on any atom is 0.410 e. The van der Waals surface area contributed by atoms with Gasteiger partial charge in [-0.15, -0.1) is 0 Å². The molecule has 2 N–H and O–H groups in total. The second-order valence-corrected chi connectivity index (χ2v) is 7.25. The van der Waals surface area contributed by atoms with Gasteiger partial charge in [-0.2, -0.15) is 0 Å². The van der Waals surface area contributed by atoms with E-state index in [0.29, 0.717) is 13.1 Å². The quantitative estimate of drug-likeness (QED) is 0.886. The monoisotopic (exact) mass is 323 g/mol. The Hall–Kier alpha value is -2.18. The summed E-state index contributed by atoms with van der Waals surface area (Å²) < 4.78 is 7.20. The molecule has 7 nitrogen and oxygen atoms in total. The first-order valence-electron chi connectivity index (χ1n) is 7.64. The first kappa shape index (κ1) is 17.2. The van der Waals surface area contributed by atoms with E-state index < -0.39 is 23.2 Å². The fourth-order valence-electron chi connectivity index (χ4n) is 2.73. The van der Waals surface area contributed by atoms with E-state index in [1.165, 1.54) is 4.90 Å². The van der Waals surface area contributed by atoms with Gasteiger partial charge in [0.1, 0.15) is 5.60 Å². The number of carboxylic acids is 1. The average molecular weight is 323 g/mol. The second-order valence-electron chi connectivity index (χ2n) is 7.25. The van der Waals surface area contributed by atoms with Gasteiger partial charge in [0.25, 0.3) is 0 Å². The van der Waals surface area contributed by atoms with E-state index >= 15 is 0 Å². The van der Waals surface area contributed by atoms with Crippen LogP contribution in [0.1, 0.15) is 38.6 Å². The van der Waals surface area contributed by atoms with Crippen molar-refractivity contribution in [3.63, 3.8) is 0 Å². The Balaban J connectivity index is 2.09. The van der Waals surface area contributed by atoms with Crippen molar-refractivity contribution in [2.45, 2.75) is 52.2 Å². The highest BCUT2D eigenvalue weighted by atomic mass is 16.6. The number of carboxylic acid groups (broad SMARTS) is 1. The van der Waals surface area contributed by atoms with Gasteiger partial charge in [-0.05, 0) is 46.8 Å². The third-order valence-electron chi connectivity index (χ3n) is 3.75. The van der Waals surface area contributed by atoms with Gasteiger partial charge in [0.2, 0.25) is 0 Å². The molecule has 0 bridgehead atoms. The molecule has 0 aliphatic carbocycles. The SMILES string of the molecule is Cc1ccc(C)n1NC1(CC(=O)O)CN(C(=O)OC(C)(C)C)C1. The van der Waals surface area contributed by atoms with Crippen molar-refractivity contribution in [1.82, 2.24) is 9.58 Å². The third kappa shape index (κ3) is 3.97. The normalized spacial score (nSPS) is 16.7. The fraction of sp³-hybridized carbons (Fsp3) is 0.625. The number of amides is 1. The van der Waals surface area contributed by atoms with Crippen molar-refractivity contribution < 1.29 is 19.4 Å². The Labute approximate surface area is 136 Å². The average Bonchev–Trinajstić information content (AvgIpc) is 2.63. The molecule has 1 aromatic heterocycles. The number of ether oxygens (including phenoxy) is 1. The molecular formula is C16H25N3O4. The van der Waals surface area contributed by atoms with Crippen molar-refractivity contribution >= 4 is 12.1 Å². The number of likely N-dealkylation sites (tertiary alicyclic amines) is 1. The summed E-state index contributed by atoms with van der Waals surface area (Å²) in [4.78, 5) is 24.8. The zero-order valence-corrected chi connectivity index (χ0v) is 14.3. The molecular weight excluding hydrogens is 298 g/mol. The van der Waals surface area contributed by atoms with Gasteiger partial charge >= 0.3 is 12.1 Å². The molecule has 1 aliphatic heterocycles. The lowest BCUT2D eigenvalue weighted by Crippen LogP contribution is -2.70. The number of carbonyl (C=O) groups is 2. The first-order chi connectivity index (χ1) is 10.5. The molecule has 0 spiro atoms. The molecule has 0 aromatic carbocycles. The number of aromatic nitrogens is 1. The summed E-state index contributed by atoms with van der Waals surface area (Å²) in [6, 6.07) is 3.92. The fourth-order valence-corrected chi connectivity index (χ4v) is 2.73. The maximum atomic E-state index is 12.1. The molecule has 1 fully saturated rings. The molecule has 23 heavy (non-hydrogen) atoms. The van der Waals surface area contributed by atoms with Crippen LogP contribution in [0.4, 0.5) is 4.79 Å². The summed E-state index contributed by atoms with van der Waals surface area (Å²) in [5.41, 5.74) is 4.00. The molecule has 1 aliphatic rings. The molecule has 0 saturated carbocycles. The van der Waals surface area contributed by atoms with Gasteiger partial charge in [0, 0.05) is 11.4 Å². The smallest absolute Gasteiger partial charge is 0.410 e. The number of hydrogen-bond donors (Lipinski definition) is 2. The number of hydrogen-bond acceptors (Lipinski definition) is 4. The van der Waals surface area contributed by atoms with Crippen LogP contribution in [-0.2, 0) is 9.53 Å². The number of nitrogens with one attached hydrogen (secondary N) is 1. The number of aryl methyl sites for hydroxylation is 2. The number of aliphatic carboxylic acids is 1. The third-order valence-corrected chi connectivity index (χ3v) is 3.75. The van der Waals surface area contributed by atoms with E-state index in [9.17, 15) is 14.7 Å². The highest BCUT2D eigenvalue weighted by Gasteiger charge is 2.48. The van der Waals surface area contributed by atoms with Crippen LogP contribution in [0.15, 0.2) is 12.1 Å². The van der Waals surface area contributed by atoms with Gasteiger partial charge < -0.3 is 20.2 Å². The lowest BCUT2D eigenvalue weighted by Gasteiger charge is -2.50. The van der Waals surface area contributed by atoms with Crippen molar-refractivity contribution in [2.24, 2.45) is 0 Å². The molecule has 0 atom stereocenters. The van der Waals surface area contributed by atoms with E-state index in [1.807, 2.05) is 30.7 Å². The Morgan fingerprint density at radius 1 is 1.26 bits per heavy atom. The van der Waals surface area contributed by atoms with E-state index in [-0.39, 0.29) is 6.42 Å². The zero-order chi connectivity index (χ0) is 17.4. The Morgan fingerprint density at radius 2 is 1.78 bits per heavy atom.